The van der Waals surface area contributed by atoms with Gasteiger partial charge in [-0.05, 0) is 38.6 Å². The molecule has 1 amide bonds. The molecule has 1 spiro atoms. The number of likely N-dealkylation sites (N-methyl/N-ethyl adjacent to an activating group) is 1. The van der Waals surface area contributed by atoms with Crippen molar-refractivity contribution in [2.75, 3.05) is 39.8 Å². The Morgan fingerprint density at radius 1 is 1.23 bits per heavy atom. The predicted molar refractivity (Wildman–Crippen MR) is 97.5 cm³/mol. The van der Waals surface area contributed by atoms with E-state index in [2.05, 4.69) is 31.9 Å². The fourth-order valence-electron chi connectivity index (χ4n) is 4.40. The van der Waals surface area contributed by atoms with E-state index < -0.39 is 0 Å². The highest BCUT2D eigenvalue weighted by atomic mass is 16.5. The maximum Gasteiger partial charge on any atom is 0.240 e. The van der Waals surface area contributed by atoms with Crippen molar-refractivity contribution in [3.63, 3.8) is 0 Å². The highest BCUT2D eigenvalue weighted by Crippen LogP contribution is 2.35. The third-order valence-electron chi connectivity index (χ3n) is 6.44. The van der Waals surface area contributed by atoms with Crippen molar-refractivity contribution in [3.8, 4) is 0 Å². The number of aromatic nitrogens is 2. The first kappa shape index (κ1) is 17.9. The second-order valence-electron chi connectivity index (χ2n) is 8.35. The molecule has 3 heterocycles. The smallest absolute Gasteiger partial charge is 0.240 e. The average molecular weight is 361 g/mol. The van der Waals surface area contributed by atoms with E-state index in [0.29, 0.717) is 24.8 Å². The lowest BCUT2D eigenvalue weighted by molar-refractivity contribution is -0.131. The number of hydrogen-bond acceptors (Lipinski definition) is 6. The highest BCUT2D eigenvalue weighted by Gasteiger charge is 2.43. The molecule has 1 atom stereocenters. The van der Waals surface area contributed by atoms with Crippen LogP contribution in [0.4, 0.5) is 0 Å². The summed E-state index contributed by atoms with van der Waals surface area (Å²) in [6.45, 7) is 7.61. The molecule has 7 heteroatoms. The minimum Gasteiger partial charge on any atom is -0.342 e. The normalized spacial score (nSPS) is 28.7. The maximum absolute atomic E-state index is 12.6. The van der Waals surface area contributed by atoms with Gasteiger partial charge in [0.05, 0.1) is 6.54 Å². The summed E-state index contributed by atoms with van der Waals surface area (Å²) >= 11 is 0. The second kappa shape index (κ2) is 7.27. The van der Waals surface area contributed by atoms with Crippen LogP contribution in [0.5, 0.6) is 0 Å². The zero-order chi connectivity index (χ0) is 18.1. The molecule has 4 rings (SSSR count). The van der Waals surface area contributed by atoms with Gasteiger partial charge in [-0.15, -0.1) is 0 Å². The fraction of sp³-hybridized carbons (Fsp3) is 0.842. The quantitative estimate of drug-likeness (QED) is 0.793. The van der Waals surface area contributed by atoms with E-state index in [0.717, 1.165) is 63.7 Å². The fourth-order valence-corrected chi connectivity index (χ4v) is 4.40. The highest BCUT2D eigenvalue weighted by molar-refractivity contribution is 5.76. The summed E-state index contributed by atoms with van der Waals surface area (Å²) in [5, 5.41) is 4.01. The van der Waals surface area contributed by atoms with E-state index in [1.807, 2.05) is 6.92 Å². The minimum atomic E-state index is 0.0832. The van der Waals surface area contributed by atoms with Gasteiger partial charge in [0, 0.05) is 51.1 Å². The molecule has 1 aliphatic carbocycles. The van der Waals surface area contributed by atoms with Gasteiger partial charge in [0.1, 0.15) is 0 Å². The Balaban J connectivity index is 1.42. The molecule has 7 nitrogen and oxygen atoms in total. The summed E-state index contributed by atoms with van der Waals surface area (Å²) in [5.41, 5.74) is 0.0832. The average Bonchev–Trinajstić information content (AvgIpc) is 3.37. The molecule has 1 saturated carbocycles. The largest absolute Gasteiger partial charge is 0.342 e. The summed E-state index contributed by atoms with van der Waals surface area (Å²) in [6.07, 6.45) is 6.08. The number of carbonyl (C=O) groups is 1. The number of aryl methyl sites for hydroxylation is 1. The molecular weight excluding hydrogens is 330 g/mol. The van der Waals surface area contributed by atoms with Gasteiger partial charge >= 0.3 is 0 Å². The van der Waals surface area contributed by atoms with Crippen LogP contribution in [0.25, 0.3) is 0 Å². The van der Waals surface area contributed by atoms with Gasteiger partial charge in [-0.25, -0.2) is 0 Å². The second-order valence-corrected chi connectivity index (χ2v) is 8.35. The van der Waals surface area contributed by atoms with Crippen LogP contribution in [-0.2, 0) is 17.8 Å². The number of rotatable bonds is 5. The van der Waals surface area contributed by atoms with Gasteiger partial charge in [-0.2, -0.15) is 4.98 Å². The van der Waals surface area contributed by atoms with Gasteiger partial charge in [0.2, 0.25) is 11.8 Å². The molecule has 26 heavy (non-hydrogen) atoms. The van der Waals surface area contributed by atoms with Crippen molar-refractivity contribution < 1.29 is 9.32 Å². The summed E-state index contributed by atoms with van der Waals surface area (Å²) in [5.74, 6) is 2.60. The molecule has 1 aromatic heterocycles. The van der Waals surface area contributed by atoms with Crippen LogP contribution in [0.1, 0.15) is 50.7 Å². The molecule has 1 unspecified atom stereocenters. The van der Waals surface area contributed by atoms with Crippen LogP contribution in [0.2, 0.25) is 0 Å². The SMILES string of the molecule is CCc1noc(CN2CCN(C)C3(CCC(=O)N(CC4CC4)CC3)C2)n1. The van der Waals surface area contributed by atoms with E-state index in [4.69, 9.17) is 4.52 Å². The summed E-state index contributed by atoms with van der Waals surface area (Å²) in [6, 6.07) is 0. The number of amides is 1. The van der Waals surface area contributed by atoms with E-state index in [1.165, 1.54) is 12.8 Å². The molecule has 2 saturated heterocycles. The molecule has 0 bridgehead atoms. The van der Waals surface area contributed by atoms with E-state index in [1.54, 1.807) is 0 Å². The Morgan fingerprint density at radius 2 is 2.08 bits per heavy atom. The standard InChI is InChI=1S/C19H31N5O2/c1-3-16-20-17(26-21-16)13-23-11-10-22(2)19(14-23)7-6-18(25)24(9-8-19)12-15-4-5-15/h15H,3-14H2,1-2H3. The molecule has 144 valence electrons. The lowest BCUT2D eigenvalue weighted by Gasteiger charge is -2.49. The first-order valence-electron chi connectivity index (χ1n) is 10.1. The Hall–Kier alpha value is -1.47. The van der Waals surface area contributed by atoms with Gasteiger partial charge in [-0.3, -0.25) is 14.6 Å². The van der Waals surface area contributed by atoms with Crippen molar-refractivity contribution in [1.29, 1.82) is 0 Å². The summed E-state index contributed by atoms with van der Waals surface area (Å²) in [7, 11) is 2.22. The summed E-state index contributed by atoms with van der Waals surface area (Å²) < 4.78 is 5.39. The van der Waals surface area contributed by atoms with Crippen LogP contribution in [-0.4, -0.2) is 76.1 Å². The van der Waals surface area contributed by atoms with Crippen LogP contribution >= 0.6 is 0 Å². The van der Waals surface area contributed by atoms with Gasteiger partial charge in [0.15, 0.2) is 5.82 Å². The lowest BCUT2D eigenvalue weighted by atomic mass is 9.86. The maximum atomic E-state index is 12.6. The van der Waals surface area contributed by atoms with Crippen LogP contribution < -0.4 is 0 Å². The molecule has 2 aliphatic heterocycles. The van der Waals surface area contributed by atoms with Gasteiger partial charge in [-0.1, -0.05) is 12.1 Å². The van der Waals surface area contributed by atoms with Crippen molar-refractivity contribution in [2.45, 2.75) is 57.5 Å². The first-order valence-corrected chi connectivity index (χ1v) is 10.1. The molecular formula is C19H31N5O2. The Labute approximate surface area is 155 Å². The third-order valence-corrected chi connectivity index (χ3v) is 6.44. The predicted octanol–water partition coefficient (Wildman–Crippen LogP) is 1.54. The molecule has 3 aliphatic rings. The third kappa shape index (κ3) is 3.78. The molecule has 0 N–H and O–H groups in total. The molecule has 0 radical (unpaired) electrons. The van der Waals surface area contributed by atoms with Crippen molar-refractivity contribution in [1.82, 2.24) is 24.8 Å². The number of hydrogen-bond donors (Lipinski definition) is 0. The number of carbonyl (C=O) groups excluding carboxylic acids is 1. The number of nitrogens with zero attached hydrogens (tertiary/aromatic N) is 5. The first-order chi connectivity index (χ1) is 12.6. The number of piperazine rings is 1. The summed E-state index contributed by atoms with van der Waals surface area (Å²) in [4.78, 5) is 24.1. The van der Waals surface area contributed by atoms with Crippen LogP contribution in [0, 0.1) is 5.92 Å². The van der Waals surface area contributed by atoms with Crippen molar-refractivity contribution in [2.24, 2.45) is 5.92 Å². The molecule has 0 aromatic carbocycles. The Kier molecular flexibility index (Phi) is 5.01. The van der Waals surface area contributed by atoms with Crippen molar-refractivity contribution >= 4 is 5.91 Å². The Morgan fingerprint density at radius 3 is 2.81 bits per heavy atom. The van der Waals surface area contributed by atoms with Gasteiger partial charge < -0.3 is 9.42 Å². The van der Waals surface area contributed by atoms with Crippen molar-refractivity contribution in [3.05, 3.63) is 11.7 Å². The Bertz CT molecular complexity index is 644. The zero-order valence-electron chi connectivity index (χ0n) is 16.1. The monoisotopic (exact) mass is 361 g/mol. The van der Waals surface area contributed by atoms with Crippen LogP contribution in [0.3, 0.4) is 0 Å². The van der Waals surface area contributed by atoms with E-state index in [9.17, 15) is 4.79 Å². The van der Waals surface area contributed by atoms with Gasteiger partial charge in [0.25, 0.3) is 0 Å². The number of likely N-dealkylation sites (tertiary alicyclic amines) is 1. The van der Waals surface area contributed by atoms with E-state index >= 15 is 0 Å². The topological polar surface area (TPSA) is 65.7 Å². The zero-order valence-corrected chi connectivity index (χ0v) is 16.1. The van der Waals surface area contributed by atoms with Crippen LogP contribution in [0.15, 0.2) is 4.52 Å². The lowest BCUT2D eigenvalue weighted by Crippen LogP contribution is -2.60. The van der Waals surface area contributed by atoms with E-state index in [-0.39, 0.29) is 5.54 Å². The molecule has 1 aromatic rings. The minimum absolute atomic E-state index is 0.0832. The molecule has 3 fully saturated rings.